The molecule has 1 aliphatic carbocycles. The molecule has 1 N–H and O–H groups in total. The van der Waals surface area contributed by atoms with E-state index in [9.17, 15) is 4.79 Å². The summed E-state index contributed by atoms with van der Waals surface area (Å²) < 4.78 is 5.35. The zero-order valence-electron chi connectivity index (χ0n) is 15.8. The zero-order chi connectivity index (χ0) is 19.3. The predicted molar refractivity (Wildman–Crippen MR) is 110 cm³/mol. The average molecular weight is 372 g/mol. The number of hydrogen-bond donors (Lipinski definition) is 1. The third-order valence-corrected chi connectivity index (χ3v) is 5.43. The van der Waals surface area contributed by atoms with Crippen LogP contribution in [0.2, 0.25) is 0 Å². The maximum Gasteiger partial charge on any atom is 0.329 e. The number of rotatable bonds is 7. The van der Waals surface area contributed by atoms with Crippen molar-refractivity contribution in [2.24, 2.45) is 0 Å². The standard InChI is InChI=1S/C25H24O3/c26-25(27)17-28-24-15-23(16-24)21-11-9-20(10-12-21)22-8-4-7-19(14-22)13-18-5-2-1-3-6-18/h1-12,14,23-24H,13,15-17H2,(H,26,27)/t23-,24+. The molecule has 0 bridgehead atoms. The highest BCUT2D eigenvalue weighted by Crippen LogP contribution is 2.39. The largest absolute Gasteiger partial charge is 0.480 e. The number of hydrogen-bond acceptors (Lipinski definition) is 2. The molecule has 0 spiro atoms. The van der Waals surface area contributed by atoms with Crippen molar-refractivity contribution >= 4 is 5.97 Å². The lowest BCUT2D eigenvalue weighted by molar-refractivity contribution is -0.146. The molecule has 0 heterocycles. The van der Waals surface area contributed by atoms with E-state index in [1.807, 2.05) is 6.07 Å². The van der Waals surface area contributed by atoms with Crippen molar-refractivity contribution in [1.29, 1.82) is 0 Å². The summed E-state index contributed by atoms with van der Waals surface area (Å²) >= 11 is 0. The fourth-order valence-corrected chi connectivity index (χ4v) is 3.80. The first kappa shape index (κ1) is 18.5. The normalized spacial score (nSPS) is 18.4. The van der Waals surface area contributed by atoms with Gasteiger partial charge in [-0.05, 0) is 53.0 Å². The van der Waals surface area contributed by atoms with E-state index >= 15 is 0 Å². The number of carboxylic acid groups (broad SMARTS) is 1. The van der Waals surface area contributed by atoms with Crippen LogP contribution in [0.3, 0.4) is 0 Å². The maximum atomic E-state index is 10.6. The highest BCUT2D eigenvalue weighted by Gasteiger charge is 2.31. The summed E-state index contributed by atoms with van der Waals surface area (Å²) in [6.07, 6.45) is 2.82. The molecule has 3 aromatic rings. The fraction of sp³-hybridized carbons (Fsp3) is 0.240. The molecule has 1 fully saturated rings. The van der Waals surface area contributed by atoms with Crippen molar-refractivity contribution < 1.29 is 14.6 Å². The lowest BCUT2D eigenvalue weighted by atomic mass is 9.77. The second-order valence-corrected chi connectivity index (χ2v) is 7.48. The van der Waals surface area contributed by atoms with Crippen molar-refractivity contribution in [1.82, 2.24) is 0 Å². The van der Waals surface area contributed by atoms with Gasteiger partial charge in [0, 0.05) is 0 Å². The van der Waals surface area contributed by atoms with Crippen LogP contribution in [0.5, 0.6) is 0 Å². The topological polar surface area (TPSA) is 46.5 Å². The molecular weight excluding hydrogens is 348 g/mol. The van der Waals surface area contributed by atoms with E-state index in [0.717, 1.165) is 19.3 Å². The molecule has 0 aliphatic heterocycles. The van der Waals surface area contributed by atoms with Gasteiger partial charge >= 0.3 is 5.97 Å². The van der Waals surface area contributed by atoms with Crippen molar-refractivity contribution in [3.63, 3.8) is 0 Å². The summed E-state index contributed by atoms with van der Waals surface area (Å²) in [5.74, 6) is -0.431. The molecule has 142 valence electrons. The van der Waals surface area contributed by atoms with Crippen LogP contribution in [0.4, 0.5) is 0 Å². The Morgan fingerprint density at radius 3 is 2.29 bits per heavy atom. The first-order valence-corrected chi connectivity index (χ1v) is 9.74. The van der Waals surface area contributed by atoms with Crippen LogP contribution in [0.1, 0.15) is 35.4 Å². The van der Waals surface area contributed by atoms with Gasteiger partial charge in [0.25, 0.3) is 0 Å². The van der Waals surface area contributed by atoms with Crippen LogP contribution in [0, 0.1) is 0 Å². The van der Waals surface area contributed by atoms with Crippen LogP contribution in [0.15, 0.2) is 78.9 Å². The highest BCUT2D eigenvalue weighted by molar-refractivity contribution is 5.68. The predicted octanol–water partition coefficient (Wildman–Crippen LogP) is 5.29. The second kappa shape index (κ2) is 8.41. The summed E-state index contributed by atoms with van der Waals surface area (Å²) in [5.41, 5.74) is 6.39. The van der Waals surface area contributed by atoms with E-state index < -0.39 is 5.97 Å². The van der Waals surface area contributed by atoms with Gasteiger partial charge in [-0.25, -0.2) is 4.79 Å². The molecule has 4 rings (SSSR count). The number of carbonyl (C=O) groups is 1. The Hall–Kier alpha value is -2.91. The molecule has 0 atom stereocenters. The highest BCUT2D eigenvalue weighted by atomic mass is 16.5. The smallest absolute Gasteiger partial charge is 0.329 e. The van der Waals surface area contributed by atoms with E-state index in [0.29, 0.717) is 5.92 Å². The van der Waals surface area contributed by atoms with Gasteiger partial charge in [-0.15, -0.1) is 0 Å². The Bertz CT molecular complexity index is 926. The van der Waals surface area contributed by atoms with E-state index in [1.54, 1.807) is 0 Å². The molecule has 1 saturated carbocycles. The quantitative estimate of drug-likeness (QED) is 0.613. The molecule has 28 heavy (non-hydrogen) atoms. The molecule has 3 aromatic carbocycles. The molecule has 0 aromatic heterocycles. The minimum Gasteiger partial charge on any atom is -0.480 e. The van der Waals surface area contributed by atoms with Gasteiger partial charge in [0.05, 0.1) is 6.10 Å². The van der Waals surface area contributed by atoms with Gasteiger partial charge in [-0.2, -0.15) is 0 Å². The summed E-state index contributed by atoms with van der Waals surface area (Å²) in [6.45, 7) is -0.199. The van der Waals surface area contributed by atoms with Gasteiger partial charge in [0.2, 0.25) is 0 Å². The Balaban J connectivity index is 1.39. The van der Waals surface area contributed by atoms with Gasteiger partial charge in [-0.1, -0.05) is 78.9 Å². The van der Waals surface area contributed by atoms with E-state index in [2.05, 4.69) is 72.8 Å². The number of ether oxygens (including phenoxy) is 1. The minimum atomic E-state index is -0.901. The Morgan fingerprint density at radius 1 is 0.857 bits per heavy atom. The monoisotopic (exact) mass is 372 g/mol. The van der Waals surface area contributed by atoms with Crippen LogP contribution >= 0.6 is 0 Å². The molecule has 0 radical (unpaired) electrons. The van der Waals surface area contributed by atoms with Crippen LogP contribution in [0.25, 0.3) is 11.1 Å². The van der Waals surface area contributed by atoms with Crippen molar-refractivity contribution in [3.8, 4) is 11.1 Å². The Morgan fingerprint density at radius 2 is 1.57 bits per heavy atom. The molecule has 3 nitrogen and oxygen atoms in total. The van der Waals surface area contributed by atoms with Gasteiger partial charge < -0.3 is 9.84 Å². The number of aliphatic carboxylic acids is 1. The van der Waals surface area contributed by atoms with E-state index in [-0.39, 0.29) is 12.7 Å². The summed E-state index contributed by atoms with van der Waals surface area (Å²) in [6, 6.07) is 28.0. The molecule has 0 unspecified atom stereocenters. The summed E-state index contributed by atoms with van der Waals surface area (Å²) in [7, 11) is 0. The van der Waals surface area contributed by atoms with Crippen LogP contribution in [-0.2, 0) is 16.0 Å². The lowest BCUT2D eigenvalue weighted by Crippen LogP contribution is -2.31. The van der Waals surface area contributed by atoms with Crippen molar-refractivity contribution in [3.05, 3.63) is 95.6 Å². The first-order valence-electron chi connectivity index (χ1n) is 9.74. The second-order valence-electron chi connectivity index (χ2n) is 7.48. The molecular formula is C25H24O3. The Labute approximate surface area is 165 Å². The fourth-order valence-electron chi connectivity index (χ4n) is 3.80. The number of carboxylic acids is 1. The third kappa shape index (κ3) is 4.49. The zero-order valence-corrected chi connectivity index (χ0v) is 15.8. The third-order valence-electron chi connectivity index (χ3n) is 5.43. The van der Waals surface area contributed by atoms with Crippen LogP contribution < -0.4 is 0 Å². The summed E-state index contributed by atoms with van der Waals surface area (Å²) in [4.78, 5) is 10.6. The molecule has 1 aliphatic rings. The lowest BCUT2D eigenvalue weighted by Gasteiger charge is -2.35. The van der Waals surface area contributed by atoms with Gasteiger partial charge in [0.15, 0.2) is 0 Å². The maximum absolute atomic E-state index is 10.6. The summed E-state index contributed by atoms with van der Waals surface area (Å²) in [5, 5.41) is 8.68. The molecule has 0 saturated heterocycles. The molecule has 3 heteroatoms. The average Bonchev–Trinajstić information content (AvgIpc) is 2.68. The first-order chi connectivity index (χ1) is 13.7. The van der Waals surface area contributed by atoms with Crippen LogP contribution in [-0.4, -0.2) is 23.8 Å². The van der Waals surface area contributed by atoms with Crippen molar-refractivity contribution in [2.75, 3.05) is 6.61 Å². The number of benzene rings is 3. The van der Waals surface area contributed by atoms with Gasteiger partial charge in [0.1, 0.15) is 6.61 Å². The van der Waals surface area contributed by atoms with E-state index in [1.165, 1.54) is 27.8 Å². The Kier molecular flexibility index (Phi) is 5.54. The molecule has 0 amide bonds. The van der Waals surface area contributed by atoms with Crippen molar-refractivity contribution in [2.45, 2.75) is 31.3 Å². The van der Waals surface area contributed by atoms with E-state index in [4.69, 9.17) is 9.84 Å². The SMILES string of the molecule is O=C(O)CO[C@H]1C[C@@H](c2ccc(-c3cccc(Cc4ccccc4)c3)cc2)C1. The minimum absolute atomic E-state index is 0.0791. The van der Waals surface area contributed by atoms with Gasteiger partial charge in [-0.3, -0.25) is 0 Å².